The number of aromatic nitrogens is 3. The summed E-state index contributed by atoms with van der Waals surface area (Å²) in [4.78, 5) is 0. The van der Waals surface area contributed by atoms with Crippen molar-refractivity contribution in [2.45, 2.75) is 36.6 Å². The molecule has 0 bridgehead atoms. The van der Waals surface area contributed by atoms with Gasteiger partial charge in [-0.1, -0.05) is 11.8 Å². The maximum atomic E-state index is 9.45. The molecule has 3 rings (SSSR count). The average molecular weight is 295 g/mol. The van der Waals surface area contributed by atoms with Crippen molar-refractivity contribution in [1.82, 2.24) is 14.8 Å². The summed E-state index contributed by atoms with van der Waals surface area (Å²) in [5.74, 6) is 2.74. The molecule has 0 aliphatic heterocycles. The van der Waals surface area contributed by atoms with E-state index in [4.69, 9.17) is 9.52 Å². The van der Waals surface area contributed by atoms with Gasteiger partial charge in [0.2, 0.25) is 0 Å². The monoisotopic (exact) mass is 295 g/mol. The second kappa shape index (κ2) is 5.99. The number of nitrogens with zero attached hydrogens (tertiary/aromatic N) is 3. The van der Waals surface area contributed by atoms with E-state index >= 15 is 0 Å². The van der Waals surface area contributed by atoms with Crippen LogP contribution in [0.5, 0.6) is 0 Å². The Hall–Kier alpha value is -1.31. The van der Waals surface area contributed by atoms with Gasteiger partial charge in [-0.25, -0.2) is 0 Å². The van der Waals surface area contributed by atoms with Gasteiger partial charge in [-0.3, -0.25) is 4.57 Å². The zero-order chi connectivity index (χ0) is 13.9. The summed E-state index contributed by atoms with van der Waals surface area (Å²) in [5, 5.41) is 27.6. The minimum Gasteiger partial charge on any atom is -0.467 e. The third-order valence-corrected chi connectivity index (χ3v) is 4.31. The summed E-state index contributed by atoms with van der Waals surface area (Å²) in [7, 11) is 0. The molecule has 1 fully saturated rings. The van der Waals surface area contributed by atoms with Crippen LogP contribution < -0.4 is 0 Å². The molecule has 0 aromatic carbocycles. The van der Waals surface area contributed by atoms with Crippen LogP contribution in [-0.4, -0.2) is 43.4 Å². The average Bonchev–Trinajstić information content (AvgIpc) is 3.03. The van der Waals surface area contributed by atoms with Gasteiger partial charge in [0.25, 0.3) is 0 Å². The van der Waals surface area contributed by atoms with Crippen LogP contribution in [0.1, 0.15) is 30.3 Å². The Balaban J connectivity index is 1.78. The standard InChI is InChI=1S/C13H17N3O3S/c17-7-10(18)8-20-13-15-14-12(9-3-4-9)16(13)6-11-2-1-5-19-11/h1-2,5,9-10,17-18H,3-4,6-8H2. The van der Waals surface area contributed by atoms with Crippen molar-refractivity contribution in [1.29, 1.82) is 0 Å². The lowest BCUT2D eigenvalue weighted by molar-refractivity contribution is 0.113. The Morgan fingerprint density at radius 2 is 2.30 bits per heavy atom. The molecule has 2 N–H and O–H groups in total. The van der Waals surface area contributed by atoms with Gasteiger partial charge in [0.1, 0.15) is 11.6 Å². The lowest BCUT2D eigenvalue weighted by Crippen LogP contribution is -2.15. The molecule has 1 unspecified atom stereocenters. The third-order valence-electron chi connectivity index (χ3n) is 3.20. The summed E-state index contributed by atoms with van der Waals surface area (Å²) in [6.07, 6.45) is 3.22. The van der Waals surface area contributed by atoms with Gasteiger partial charge < -0.3 is 14.6 Å². The number of hydrogen-bond donors (Lipinski definition) is 2. The molecule has 1 atom stereocenters. The molecular formula is C13H17N3O3S. The van der Waals surface area contributed by atoms with Crippen LogP contribution in [0.3, 0.4) is 0 Å². The van der Waals surface area contributed by atoms with Crippen molar-refractivity contribution < 1.29 is 14.6 Å². The summed E-state index contributed by atoms with van der Waals surface area (Å²) in [6.45, 7) is 0.359. The SMILES string of the molecule is OCC(O)CSc1nnc(C2CC2)n1Cc1ccco1. The highest BCUT2D eigenvalue weighted by Gasteiger charge is 2.30. The van der Waals surface area contributed by atoms with Crippen molar-refractivity contribution in [3.05, 3.63) is 30.0 Å². The number of hydrogen-bond acceptors (Lipinski definition) is 6. The molecule has 0 spiro atoms. The highest BCUT2D eigenvalue weighted by molar-refractivity contribution is 7.99. The van der Waals surface area contributed by atoms with Crippen molar-refractivity contribution in [2.75, 3.05) is 12.4 Å². The summed E-state index contributed by atoms with van der Waals surface area (Å²) in [6, 6.07) is 3.78. The highest BCUT2D eigenvalue weighted by atomic mass is 32.2. The maximum absolute atomic E-state index is 9.45. The number of furan rings is 1. The minimum absolute atomic E-state index is 0.241. The topological polar surface area (TPSA) is 84.3 Å². The maximum Gasteiger partial charge on any atom is 0.191 e. The zero-order valence-corrected chi connectivity index (χ0v) is 11.8. The van der Waals surface area contributed by atoms with E-state index in [9.17, 15) is 5.11 Å². The molecule has 1 aliphatic carbocycles. The van der Waals surface area contributed by atoms with Gasteiger partial charge in [0, 0.05) is 11.7 Å². The van der Waals surface area contributed by atoms with E-state index in [0.717, 1.165) is 29.6 Å². The molecule has 6 nitrogen and oxygen atoms in total. The van der Waals surface area contributed by atoms with Crippen molar-refractivity contribution in [2.24, 2.45) is 0 Å². The van der Waals surface area contributed by atoms with Crippen LogP contribution in [0, 0.1) is 0 Å². The minimum atomic E-state index is -0.738. The van der Waals surface area contributed by atoms with Gasteiger partial charge in [-0.2, -0.15) is 0 Å². The fourth-order valence-electron chi connectivity index (χ4n) is 1.98. The third kappa shape index (κ3) is 3.05. The van der Waals surface area contributed by atoms with E-state index in [1.807, 2.05) is 16.7 Å². The summed E-state index contributed by atoms with van der Waals surface area (Å²) < 4.78 is 7.44. The second-order valence-corrected chi connectivity index (χ2v) is 5.92. The molecule has 108 valence electrons. The molecule has 7 heteroatoms. The first-order valence-corrected chi connectivity index (χ1v) is 7.63. The van der Waals surface area contributed by atoms with Crippen LogP contribution in [0.25, 0.3) is 0 Å². The number of aliphatic hydroxyl groups excluding tert-OH is 2. The van der Waals surface area contributed by atoms with Crippen LogP contribution >= 0.6 is 11.8 Å². The molecule has 0 amide bonds. The summed E-state index contributed by atoms with van der Waals surface area (Å²) in [5.41, 5.74) is 0. The van der Waals surface area contributed by atoms with Gasteiger partial charge in [-0.15, -0.1) is 10.2 Å². The molecule has 2 aromatic heterocycles. The zero-order valence-electron chi connectivity index (χ0n) is 11.0. The first-order valence-electron chi connectivity index (χ1n) is 6.65. The lowest BCUT2D eigenvalue weighted by Gasteiger charge is -2.09. The van der Waals surface area contributed by atoms with Crippen molar-refractivity contribution in [3.63, 3.8) is 0 Å². The second-order valence-electron chi connectivity index (χ2n) is 4.93. The molecule has 2 aromatic rings. The van der Waals surface area contributed by atoms with E-state index in [1.165, 1.54) is 11.8 Å². The Bertz CT molecular complexity index is 551. The van der Waals surface area contributed by atoms with Crippen molar-refractivity contribution in [3.8, 4) is 0 Å². The molecule has 1 aliphatic rings. The first kappa shape index (κ1) is 13.7. The summed E-state index contributed by atoms with van der Waals surface area (Å²) >= 11 is 1.41. The van der Waals surface area contributed by atoms with E-state index in [1.54, 1.807) is 6.26 Å². The highest BCUT2D eigenvalue weighted by Crippen LogP contribution is 2.40. The van der Waals surface area contributed by atoms with Crippen LogP contribution in [0.4, 0.5) is 0 Å². The van der Waals surface area contributed by atoms with Gasteiger partial charge in [-0.05, 0) is 25.0 Å². The molecule has 20 heavy (non-hydrogen) atoms. The van der Waals surface area contributed by atoms with Crippen LogP contribution in [0.2, 0.25) is 0 Å². The Morgan fingerprint density at radius 1 is 1.45 bits per heavy atom. The Morgan fingerprint density at radius 3 is 2.95 bits per heavy atom. The van der Waals surface area contributed by atoms with E-state index in [0.29, 0.717) is 18.2 Å². The van der Waals surface area contributed by atoms with Gasteiger partial charge in [0.05, 0.1) is 25.5 Å². The quantitative estimate of drug-likeness (QED) is 0.748. The Kier molecular flexibility index (Phi) is 4.09. The molecule has 1 saturated carbocycles. The van der Waals surface area contributed by atoms with E-state index in [2.05, 4.69) is 10.2 Å². The van der Waals surface area contributed by atoms with E-state index in [-0.39, 0.29) is 6.61 Å². The fraction of sp³-hybridized carbons (Fsp3) is 0.538. The lowest BCUT2D eigenvalue weighted by atomic mass is 10.3. The number of aliphatic hydroxyl groups is 2. The van der Waals surface area contributed by atoms with E-state index < -0.39 is 6.10 Å². The molecule has 0 radical (unpaired) electrons. The van der Waals surface area contributed by atoms with Crippen molar-refractivity contribution >= 4 is 11.8 Å². The predicted octanol–water partition coefficient (Wildman–Crippen LogP) is 1.24. The molecular weight excluding hydrogens is 278 g/mol. The first-order chi connectivity index (χ1) is 9.78. The predicted molar refractivity (Wildman–Crippen MR) is 73.6 cm³/mol. The molecule has 0 saturated heterocycles. The number of thioether (sulfide) groups is 1. The fourth-order valence-corrected chi connectivity index (χ4v) is 2.84. The normalized spacial score (nSPS) is 16.5. The van der Waals surface area contributed by atoms with Crippen LogP contribution in [-0.2, 0) is 6.54 Å². The van der Waals surface area contributed by atoms with Crippen LogP contribution in [0.15, 0.2) is 28.0 Å². The van der Waals surface area contributed by atoms with Gasteiger partial charge >= 0.3 is 0 Å². The largest absolute Gasteiger partial charge is 0.467 e. The molecule has 2 heterocycles. The number of rotatable bonds is 7. The van der Waals surface area contributed by atoms with Gasteiger partial charge in [0.15, 0.2) is 5.16 Å². The Labute approximate surface area is 120 Å². The smallest absolute Gasteiger partial charge is 0.191 e.